The molecule has 0 unspecified atom stereocenters. The summed E-state index contributed by atoms with van der Waals surface area (Å²) in [5.74, 6) is -2.43. The van der Waals surface area contributed by atoms with Crippen LogP contribution in [-0.2, 0) is 9.59 Å². The first-order chi connectivity index (χ1) is 6.51. The summed E-state index contributed by atoms with van der Waals surface area (Å²) < 4.78 is 0. The van der Waals surface area contributed by atoms with Crippen LogP contribution in [0.15, 0.2) is 0 Å². The van der Waals surface area contributed by atoms with Crippen LogP contribution >= 0.6 is 0 Å². The van der Waals surface area contributed by atoms with Crippen LogP contribution in [0.2, 0.25) is 0 Å². The average Bonchev–Trinajstić information content (AvgIpc) is 2.17. The smallest absolute Gasteiger partial charge is 0.321 e. The third kappa shape index (κ3) is 4.04. The molecule has 0 atom stereocenters. The molecule has 0 bridgehead atoms. The third-order valence-electron chi connectivity index (χ3n) is 1.11. The number of rotatable bonds is 0. The van der Waals surface area contributed by atoms with E-state index in [1.54, 1.807) is 10.6 Å². The highest BCUT2D eigenvalue weighted by molar-refractivity contribution is 6.39. The third-order valence-corrected chi connectivity index (χ3v) is 1.11. The van der Waals surface area contributed by atoms with Crippen LogP contribution < -0.4 is 21.3 Å². The molecule has 0 heterocycles. The largest absolute Gasteiger partial charge is 0.341 e. The van der Waals surface area contributed by atoms with Crippen molar-refractivity contribution in [3.63, 3.8) is 0 Å². The lowest BCUT2D eigenvalue weighted by Crippen LogP contribution is -2.49. The Labute approximate surface area is 79.4 Å². The van der Waals surface area contributed by atoms with Crippen molar-refractivity contribution in [3.8, 4) is 0 Å². The first-order valence-corrected chi connectivity index (χ1v) is 3.57. The molecule has 0 aliphatic carbocycles. The number of carbonyl (C=O) groups is 4. The Hall–Kier alpha value is -2.12. The second kappa shape index (κ2) is 5.51. The van der Waals surface area contributed by atoms with Gasteiger partial charge in [0, 0.05) is 14.1 Å². The molecule has 0 fully saturated rings. The fourth-order valence-corrected chi connectivity index (χ4v) is 0.445. The van der Waals surface area contributed by atoms with Crippen molar-refractivity contribution in [2.45, 2.75) is 0 Å². The van der Waals surface area contributed by atoms with Gasteiger partial charge in [-0.25, -0.2) is 9.59 Å². The molecule has 6 amide bonds. The van der Waals surface area contributed by atoms with E-state index in [-0.39, 0.29) is 0 Å². The minimum atomic E-state index is -1.21. The normalized spacial score (nSPS) is 8.43. The number of hydrogen-bond donors (Lipinski definition) is 4. The van der Waals surface area contributed by atoms with Gasteiger partial charge in [0.2, 0.25) is 0 Å². The van der Waals surface area contributed by atoms with Gasteiger partial charge in [0.1, 0.15) is 0 Å². The summed E-state index contributed by atoms with van der Waals surface area (Å²) >= 11 is 0. The quantitative estimate of drug-likeness (QED) is 0.336. The number of amides is 6. The zero-order chi connectivity index (χ0) is 11.1. The predicted molar refractivity (Wildman–Crippen MR) is 45.2 cm³/mol. The van der Waals surface area contributed by atoms with E-state index in [0.29, 0.717) is 0 Å². The molecule has 8 nitrogen and oxygen atoms in total. The molecule has 0 spiro atoms. The summed E-state index contributed by atoms with van der Waals surface area (Å²) in [5, 5.41) is 7.49. The fraction of sp³-hybridized carbons (Fsp3) is 0.333. The Morgan fingerprint density at radius 2 is 1.00 bits per heavy atom. The van der Waals surface area contributed by atoms with Gasteiger partial charge in [-0.2, -0.15) is 0 Å². The Morgan fingerprint density at radius 1 is 0.714 bits per heavy atom. The molecular weight excluding hydrogens is 192 g/mol. The van der Waals surface area contributed by atoms with Crippen LogP contribution in [0.5, 0.6) is 0 Å². The molecule has 8 heteroatoms. The van der Waals surface area contributed by atoms with Gasteiger partial charge in [0.05, 0.1) is 0 Å². The maximum Gasteiger partial charge on any atom is 0.321 e. The Bertz CT molecular complexity index is 247. The Kier molecular flexibility index (Phi) is 4.68. The molecule has 0 rings (SSSR count). The monoisotopic (exact) mass is 202 g/mol. The highest BCUT2D eigenvalue weighted by Gasteiger charge is 2.17. The molecule has 0 saturated carbocycles. The van der Waals surface area contributed by atoms with E-state index < -0.39 is 23.9 Å². The Balaban J connectivity index is 4.07. The van der Waals surface area contributed by atoms with E-state index >= 15 is 0 Å². The van der Waals surface area contributed by atoms with E-state index in [1.165, 1.54) is 14.1 Å². The summed E-state index contributed by atoms with van der Waals surface area (Å²) in [6.07, 6.45) is 0. The molecule has 0 saturated heterocycles. The molecule has 14 heavy (non-hydrogen) atoms. The lowest BCUT2D eigenvalue weighted by Gasteiger charge is -2.03. The van der Waals surface area contributed by atoms with Gasteiger partial charge in [-0.05, 0) is 0 Å². The van der Waals surface area contributed by atoms with Crippen molar-refractivity contribution in [3.05, 3.63) is 0 Å². The molecule has 0 aromatic carbocycles. The van der Waals surface area contributed by atoms with Gasteiger partial charge in [-0.15, -0.1) is 0 Å². The maximum atomic E-state index is 10.8. The summed E-state index contributed by atoms with van der Waals surface area (Å²) in [6, 6.07) is -1.66. The van der Waals surface area contributed by atoms with E-state index in [4.69, 9.17) is 0 Å². The van der Waals surface area contributed by atoms with Crippen LogP contribution in [0.3, 0.4) is 0 Å². The number of urea groups is 2. The number of hydrogen-bond acceptors (Lipinski definition) is 4. The van der Waals surface area contributed by atoms with E-state index in [0.717, 1.165) is 0 Å². The molecule has 78 valence electrons. The lowest BCUT2D eigenvalue weighted by molar-refractivity contribution is -0.137. The van der Waals surface area contributed by atoms with Gasteiger partial charge in [-0.3, -0.25) is 20.2 Å². The summed E-state index contributed by atoms with van der Waals surface area (Å²) in [4.78, 5) is 42.7. The molecule has 0 aliphatic rings. The summed E-state index contributed by atoms with van der Waals surface area (Å²) in [7, 11) is 2.55. The van der Waals surface area contributed by atoms with Crippen LogP contribution in [-0.4, -0.2) is 38.0 Å². The first kappa shape index (κ1) is 11.9. The van der Waals surface area contributed by atoms with Gasteiger partial charge in [-0.1, -0.05) is 0 Å². The minimum Gasteiger partial charge on any atom is -0.341 e. The van der Waals surface area contributed by atoms with Gasteiger partial charge in [0.15, 0.2) is 0 Å². The summed E-state index contributed by atoms with van der Waals surface area (Å²) in [5.41, 5.74) is 0. The highest BCUT2D eigenvalue weighted by atomic mass is 16.2. The fourth-order valence-electron chi connectivity index (χ4n) is 0.445. The van der Waals surface area contributed by atoms with Crippen molar-refractivity contribution in [1.29, 1.82) is 0 Å². The van der Waals surface area contributed by atoms with E-state index in [2.05, 4.69) is 10.6 Å². The van der Waals surface area contributed by atoms with Crippen LogP contribution in [0.25, 0.3) is 0 Å². The Morgan fingerprint density at radius 3 is 1.21 bits per heavy atom. The van der Waals surface area contributed by atoms with Crippen molar-refractivity contribution in [2.24, 2.45) is 0 Å². The van der Waals surface area contributed by atoms with Crippen molar-refractivity contribution >= 4 is 23.9 Å². The van der Waals surface area contributed by atoms with Gasteiger partial charge < -0.3 is 10.6 Å². The van der Waals surface area contributed by atoms with E-state index in [9.17, 15) is 19.2 Å². The van der Waals surface area contributed by atoms with Crippen molar-refractivity contribution in [2.75, 3.05) is 14.1 Å². The maximum absolute atomic E-state index is 10.8. The number of imide groups is 2. The van der Waals surface area contributed by atoms with Gasteiger partial charge in [0.25, 0.3) is 0 Å². The SMILES string of the molecule is CNC(=O)NC(=O)C(=O)NC(=O)NC. The van der Waals surface area contributed by atoms with Crippen molar-refractivity contribution in [1.82, 2.24) is 21.3 Å². The van der Waals surface area contributed by atoms with Gasteiger partial charge >= 0.3 is 23.9 Å². The second-order valence-electron chi connectivity index (χ2n) is 2.07. The number of nitrogens with one attached hydrogen (secondary N) is 4. The number of carbonyl (C=O) groups excluding carboxylic acids is 4. The zero-order valence-electron chi connectivity index (χ0n) is 7.63. The first-order valence-electron chi connectivity index (χ1n) is 3.57. The standard InChI is InChI=1S/C6H10N4O4/c1-7-5(13)9-3(11)4(12)10-6(14)8-2/h1-2H3,(H2,7,9,11,13)(H2,8,10,12,14). The molecule has 0 radical (unpaired) electrons. The molecule has 0 aliphatic heterocycles. The van der Waals surface area contributed by atoms with Crippen LogP contribution in [0, 0.1) is 0 Å². The molecular formula is C6H10N4O4. The van der Waals surface area contributed by atoms with E-state index in [1.807, 2.05) is 0 Å². The molecule has 4 N–H and O–H groups in total. The highest BCUT2D eigenvalue weighted by Crippen LogP contribution is 1.70. The minimum absolute atomic E-state index is 0.831. The zero-order valence-corrected chi connectivity index (χ0v) is 7.63. The van der Waals surface area contributed by atoms with Crippen LogP contribution in [0.4, 0.5) is 9.59 Å². The average molecular weight is 202 g/mol. The lowest BCUT2D eigenvalue weighted by atomic mass is 10.5. The topological polar surface area (TPSA) is 116 Å². The van der Waals surface area contributed by atoms with Crippen LogP contribution in [0.1, 0.15) is 0 Å². The predicted octanol–water partition coefficient (Wildman–Crippen LogP) is -2.10. The summed E-state index contributed by atoms with van der Waals surface area (Å²) in [6.45, 7) is 0. The second-order valence-corrected chi connectivity index (χ2v) is 2.07. The molecule has 0 aromatic rings. The van der Waals surface area contributed by atoms with Crippen molar-refractivity contribution < 1.29 is 19.2 Å². The molecule has 0 aromatic heterocycles.